The summed E-state index contributed by atoms with van der Waals surface area (Å²) >= 11 is 0. The van der Waals surface area contributed by atoms with Crippen LogP contribution in [0.15, 0.2) is 52.2 Å². The molecule has 0 saturated carbocycles. The third-order valence-corrected chi connectivity index (χ3v) is 6.02. The Bertz CT molecular complexity index is 1530. The number of morpholine rings is 1. The second kappa shape index (κ2) is 8.45. The van der Waals surface area contributed by atoms with Crippen LogP contribution in [0.1, 0.15) is 17.5 Å². The van der Waals surface area contributed by atoms with Gasteiger partial charge in [0.25, 0.3) is 5.56 Å². The van der Waals surface area contributed by atoms with Gasteiger partial charge in [0.2, 0.25) is 5.56 Å². The number of nitrogens with one attached hydrogen (secondary N) is 1. The maximum Gasteiger partial charge on any atom is 0.263 e. The molecule has 1 fully saturated rings. The Balaban J connectivity index is 1.67. The lowest BCUT2D eigenvalue weighted by Gasteiger charge is -2.34. The van der Waals surface area contributed by atoms with E-state index in [-0.39, 0.29) is 33.9 Å². The number of pyridine rings is 2. The molecular weight excluding hydrogens is 444 g/mol. The zero-order valence-electron chi connectivity index (χ0n) is 18.5. The Kier molecular flexibility index (Phi) is 5.45. The van der Waals surface area contributed by atoms with Crippen LogP contribution in [0, 0.1) is 18.6 Å². The Labute approximate surface area is 192 Å². The van der Waals surface area contributed by atoms with E-state index in [1.807, 2.05) is 4.90 Å². The highest BCUT2D eigenvalue weighted by atomic mass is 19.1. The summed E-state index contributed by atoms with van der Waals surface area (Å²) in [5.74, 6) is -0.581. The van der Waals surface area contributed by atoms with Crippen molar-refractivity contribution in [2.45, 2.75) is 13.0 Å². The summed E-state index contributed by atoms with van der Waals surface area (Å²) in [6.07, 6.45) is 1.18. The molecule has 10 heteroatoms. The maximum atomic E-state index is 14.8. The average Bonchev–Trinajstić information content (AvgIpc) is 2.82. The molecule has 1 aromatic carbocycles. The molecule has 1 N–H and O–H groups in total. The predicted octanol–water partition coefficient (Wildman–Crippen LogP) is 2.85. The highest BCUT2D eigenvalue weighted by Gasteiger charge is 2.26. The Morgan fingerprint density at radius 1 is 1.12 bits per heavy atom. The molecule has 4 heterocycles. The maximum absolute atomic E-state index is 14.8. The first-order valence-electron chi connectivity index (χ1n) is 10.7. The molecule has 1 atom stereocenters. The number of aromatic nitrogens is 4. The molecule has 8 nitrogen and oxygen atoms in total. The highest BCUT2D eigenvalue weighted by molar-refractivity contribution is 5.93. The number of aromatic amines is 1. The summed E-state index contributed by atoms with van der Waals surface area (Å²) < 4.78 is 35.6. The molecule has 0 aliphatic carbocycles. The summed E-state index contributed by atoms with van der Waals surface area (Å²) in [6, 6.07) is 8.11. The number of rotatable bonds is 3. The largest absolute Gasteiger partial charge is 0.370 e. The van der Waals surface area contributed by atoms with Gasteiger partial charge in [-0.1, -0.05) is 0 Å². The third-order valence-electron chi connectivity index (χ3n) is 6.02. The minimum atomic E-state index is -0.822. The number of halogens is 2. The van der Waals surface area contributed by atoms with E-state index in [0.717, 1.165) is 17.7 Å². The number of fused-ring (bicyclic) bond motifs is 1. The molecular formula is C24H21F2N5O3. The van der Waals surface area contributed by atoms with Gasteiger partial charge >= 0.3 is 0 Å². The van der Waals surface area contributed by atoms with Gasteiger partial charge in [-0.3, -0.25) is 14.2 Å². The van der Waals surface area contributed by atoms with Crippen LogP contribution in [-0.4, -0.2) is 39.2 Å². The third kappa shape index (κ3) is 3.86. The fraction of sp³-hybridized carbons (Fsp3) is 0.250. The van der Waals surface area contributed by atoms with E-state index in [2.05, 4.69) is 15.0 Å². The zero-order chi connectivity index (χ0) is 24.0. The lowest BCUT2D eigenvalue weighted by molar-refractivity contribution is 0.0394. The van der Waals surface area contributed by atoms with Gasteiger partial charge in [-0.2, -0.15) is 0 Å². The molecule has 1 aliphatic heterocycles. The van der Waals surface area contributed by atoms with Crippen molar-refractivity contribution >= 4 is 16.7 Å². The SMILES string of the molecule is Cc1nc2cc(N3CCOC(c4cc[nH]c(=O)c4)C3)nc(-c3ccc(F)cc3F)c2c(=O)n1C. The minimum Gasteiger partial charge on any atom is -0.370 e. The molecule has 4 aromatic rings. The first-order valence-corrected chi connectivity index (χ1v) is 10.7. The van der Waals surface area contributed by atoms with Crippen molar-refractivity contribution in [2.24, 2.45) is 7.05 Å². The standard InChI is InChI=1S/C24H21F2N5O3/c1-13-28-18-11-20(31-7-8-34-19(12-31)14-5-6-27-21(32)9-14)29-23(22(18)24(33)30(13)2)16-4-3-15(25)10-17(16)26/h3-6,9-11,19H,7-8,12H2,1-2H3,(H,27,32). The monoisotopic (exact) mass is 465 g/mol. The molecule has 0 spiro atoms. The van der Waals surface area contributed by atoms with Crippen molar-refractivity contribution in [2.75, 3.05) is 24.6 Å². The number of nitrogens with zero attached hydrogens (tertiary/aromatic N) is 4. The molecule has 174 valence electrons. The number of ether oxygens (including phenoxy) is 1. The van der Waals surface area contributed by atoms with Crippen molar-refractivity contribution in [3.63, 3.8) is 0 Å². The fourth-order valence-electron chi connectivity index (χ4n) is 4.14. The molecule has 1 saturated heterocycles. The summed E-state index contributed by atoms with van der Waals surface area (Å²) in [5, 5.41) is 0.154. The van der Waals surface area contributed by atoms with Gasteiger partial charge in [-0.15, -0.1) is 0 Å². The van der Waals surface area contributed by atoms with Gasteiger partial charge in [0.15, 0.2) is 0 Å². The first kappa shape index (κ1) is 21.9. The van der Waals surface area contributed by atoms with Gasteiger partial charge < -0.3 is 14.6 Å². The normalized spacial score (nSPS) is 16.2. The Hall–Kier alpha value is -3.92. The quantitative estimate of drug-likeness (QED) is 0.500. The van der Waals surface area contributed by atoms with E-state index < -0.39 is 11.6 Å². The summed E-state index contributed by atoms with van der Waals surface area (Å²) in [5.41, 5.74) is 0.591. The molecule has 3 aromatic heterocycles. The summed E-state index contributed by atoms with van der Waals surface area (Å²) in [7, 11) is 1.58. The van der Waals surface area contributed by atoms with Gasteiger partial charge in [0, 0.05) is 50.1 Å². The smallest absolute Gasteiger partial charge is 0.263 e. The van der Waals surface area contributed by atoms with Gasteiger partial charge in [0.1, 0.15) is 29.4 Å². The number of anilines is 1. The van der Waals surface area contributed by atoms with E-state index in [1.165, 1.54) is 16.7 Å². The molecule has 34 heavy (non-hydrogen) atoms. The number of benzene rings is 1. The summed E-state index contributed by atoms with van der Waals surface area (Å²) in [6.45, 7) is 2.96. The second-order valence-electron chi connectivity index (χ2n) is 8.16. The molecule has 0 amide bonds. The number of aryl methyl sites for hydroxylation is 1. The topological polar surface area (TPSA) is 93.1 Å². The van der Waals surface area contributed by atoms with Crippen molar-refractivity contribution in [1.82, 2.24) is 19.5 Å². The average molecular weight is 465 g/mol. The fourth-order valence-corrected chi connectivity index (χ4v) is 4.14. The Morgan fingerprint density at radius 2 is 1.94 bits per heavy atom. The van der Waals surface area contributed by atoms with Crippen LogP contribution in [0.2, 0.25) is 0 Å². The number of hydrogen-bond donors (Lipinski definition) is 1. The van der Waals surface area contributed by atoms with E-state index in [0.29, 0.717) is 36.9 Å². The van der Waals surface area contributed by atoms with Crippen molar-refractivity contribution < 1.29 is 13.5 Å². The molecule has 1 unspecified atom stereocenters. The molecule has 0 radical (unpaired) electrons. The van der Waals surface area contributed by atoms with Crippen molar-refractivity contribution in [3.05, 3.63) is 86.3 Å². The van der Waals surface area contributed by atoms with Crippen LogP contribution in [0.5, 0.6) is 0 Å². The van der Waals surface area contributed by atoms with Gasteiger partial charge in [-0.25, -0.2) is 18.7 Å². The number of H-pyrrole nitrogens is 1. The van der Waals surface area contributed by atoms with E-state index >= 15 is 0 Å². The predicted molar refractivity (Wildman–Crippen MR) is 123 cm³/mol. The lowest BCUT2D eigenvalue weighted by atomic mass is 10.1. The van der Waals surface area contributed by atoms with Crippen LogP contribution in [0.3, 0.4) is 0 Å². The zero-order valence-corrected chi connectivity index (χ0v) is 18.5. The first-order chi connectivity index (χ1) is 16.3. The molecule has 1 aliphatic rings. The molecule has 0 bridgehead atoms. The Morgan fingerprint density at radius 3 is 2.71 bits per heavy atom. The van der Waals surface area contributed by atoms with Gasteiger partial charge in [-0.05, 0) is 30.7 Å². The summed E-state index contributed by atoms with van der Waals surface area (Å²) in [4.78, 5) is 38.5. The molecule has 5 rings (SSSR count). The van der Waals surface area contributed by atoms with Crippen LogP contribution < -0.4 is 16.0 Å². The number of hydrogen-bond acceptors (Lipinski definition) is 6. The van der Waals surface area contributed by atoms with Crippen LogP contribution in [-0.2, 0) is 11.8 Å². The minimum absolute atomic E-state index is 0.00963. The van der Waals surface area contributed by atoms with E-state index in [4.69, 9.17) is 4.74 Å². The van der Waals surface area contributed by atoms with Crippen molar-refractivity contribution in [1.29, 1.82) is 0 Å². The second-order valence-corrected chi connectivity index (χ2v) is 8.16. The van der Waals surface area contributed by atoms with Crippen molar-refractivity contribution in [3.8, 4) is 11.3 Å². The van der Waals surface area contributed by atoms with E-state index in [1.54, 1.807) is 32.3 Å². The van der Waals surface area contributed by atoms with Gasteiger partial charge in [0.05, 0.1) is 23.2 Å². The van der Waals surface area contributed by atoms with Crippen LogP contribution in [0.25, 0.3) is 22.2 Å². The lowest BCUT2D eigenvalue weighted by Crippen LogP contribution is -2.39. The van der Waals surface area contributed by atoms with E-state index in [9.17, 15) is 18.4 Å². The van der Waals surface area contributed by atoms with Crippen LogP contribution in [0.4, 0.5) is 14.6 Å². The van der Waals surface area contributed by atoms with Crippen LogP contribution >= 0.6 is 0 Å². The highest BCUT2D eigenvalue weighted by Crippen LogP contribution is 2.32.